The van der Waals surface area contributed by atoms with Crippen LogP contribution in [-0.4, -0.2) is 67.5 Å². The fraction of sp³-hybridized carbons (Fsp3) is 0.583. The molecule has 0 aromatic heterocycles. The smallest absolute Gasteiger partial charge is 0.222 e. The van der Waals surface area contributed by atoms with Crippen LogP contribution in [-0.2, 0) is 27.2 Å². The first-order valence-electron chi connectivity index (χ1n) is 15.8. The second-order valence-electron chi connectivity index (χ2n) is 13.3. The minimum absolute atomic E-state index is 0.0987. The lowest BCUT2D eigenvalue weighted by Crippen LogP contribution is -2.43. The number of nitrogens with zero attached hydrogens (tertiary/aromatic N) is 2. The molecule has 1 amide bonds. The molecule has 0 saturated carbocycles. The van der Waals surface area contributed by atoms with Gasteiger partial charge in [0.05, 0.1) is 13.7 Å². The molecule has 0 spiro atoms. The third kappa shape index (κ3) is 7.45. The molecule has 42 heavy (non-hydrogen) atoms. The van der Waals surface area contributed by atoms with Crippen LogP contribution in [0, 0.1) is 26.7 Å². The summed E-state index contributed by atoms with van der Waals surface area (Å²) in [4.78, 5) is 18.4. The van der Waals surface area contributed by atoms with Gasteiger partial charge in [0.2, 0.25) is 5.91 Å². The predicted molar refractivity (Wildman–Crippen MR) is 168 cm³/mol. The minimum atomic E-state index is -0.597. The normalized spacial score (nSPS) is 25.2. The molecule has 2 aliphatic heterocycles. The molecule has 3 atom stereocenters. The molecule has 1 aliphatic carbocycles. The van der Waals surface area contributed by atoms with E-state index < -0.39 is 5.79 Å². The summed E-state index contributed by atoms with van der Waals surface area (Å²) < 4.78 is 17.8. The van der Waals surface area contributed by atoms with Crippen molar-refractivity contribution in [3.63, 3.8) is 0 Å². The van der Waals surface area contributed by atoms with Crippen LogP contribution in [0.1, 0.15) is 79.3 Å². The van der Waals surface area contributed by atoms with Gasteiger partial charge < -0.3 is 19.1 Å². The van der Waals surface area contributed by atoms with E-state index in [0.717, 1.165) is 44.6 Å². The monoisotopic (exact) mass is 574 g/mol. The largest absolute Gasteiger partial charge is 0.496 e. The molecule has 2 fully saturated rings. The Labute approximate surface area is 253 Å². The number of benzene rings is 2. The van der Waals surface area contributed by atoms with Gasteiger partial charge >= 0.3 is 0 Å². The van der Waals surface area contributed by atoms with E-state index in [2.05, 4.69) is 69.0 Å². The highest BCUT2D eigenvalue weighted by Crippen LogP contribution is 2.40. The molecule has 0 N–H and O–H groups in total. The lowest BCUT2D eigenvalue weighted by atomic mass is 9.86. The number of methoxy groups -OCH3 is 1. The van der Waals surface area contributed by atoms with Gasteiger partial charge in [0.25, 0.3) is 0 Å². The Morgan fingerprint density at radius 3 is 2.40 bits per heavy atom. The number of hydrogen-bond acceptors (Lipinski definition) is 5. The number of aryl methyl sites for hydroxylation is 3. The van der Waals surface area contributed by atoms with Crippen molar-refractivity contribution in [3.8, 4) is 5.75 Å². The first kappa shape index (κ1) is 30.8. The molecule has 228 valence electrons. The van der Waals surface area contributed by atoms with Crippen molar-refractivity contribution in [2.45, 2.75) is 91.6 Å². The third-order valence-electron chi connectivity index (χ3n) is 9.14. The van der Waals surface area contributed by atoms with Crippen LogP contribution >= 0.6 is 0 Å². The molecular weight excluding hydrogens is 524 g/mol. The van der Waals surface area contributed by atoms with Crippen molar-refractivity contribution < 1.29 is 19.0 Å². The summed E-state index contributed by atoms with van der Waals surface area (Å²) >= 11 is 0. The molecule has 6 heteroatoms. The quantitative estimate of drug-likeness (QED) is 0.382. The van der Waals surface area contributed by atoms with Crippen molar-refractivity contribution in [2.24, 2.45) is 5.92 Å². The summed E-state index contributed by atoms with van der Waals surface area (Å²) in [6, 6.07) is 11.3. The number of carbonyl (C=O) groups excluding carboxylic acids is 1. The van der Waals surface area contributed by atoms with Crippen molar-refractivity contribution in [2.75, 3.05) is 39.9 Å². The predicted octanol–water partition coefficient (Wildman–Crippen LogP) is 6.49. The molecule has 2 heterocycles. The van der Waals surface area contributed by atoms with Crippen molar-refractivity contribution in [1.29, 1.82) is 0 Å². The second-order valence-corrected chi connectivity index (χ2v) is 13.3. The maximum Gasteiger partial charge on any atom is 0.222 e. The summed E-state index contributed by atoms with van der Waals surface area (Å²) in [5.74, 6) is 1.20. The van der Waals surface area contributed by atoms with Gasteiger partial charge in [-0.15, -0.1) is 0 Å². The average molecular weight is 575 g/mol. The number of rotatable bonds is 5. The molecule has 2 saturated heterocycles. The zero-order valence-corrected chi connectivity index (χ0v) is 26.8. The van der Waals surface area contributed by atoms with Gasteiger partial charge in [0, 0.05) is 50.6 Å². The van der Waals surface area contributed by atoms with E-state index in [0.29, 0.717) is 32.0 Å². The van der Waals surface area contributed by atoms with E-state index >= 15 is 0 Å². The van der Waals surface area contributed by atoms with Crippen LogP contribution in [0.4, 0.5) is 0 Å². The summed E-state index contributed by atoms with van der Waals surface area (Å²) in [5.41, 5.74) is 9.30. The molecule has 0 radical (unpaired) electrons. The fourth-order valence-corrected chi connectivity index (χ4v) is 7.31. The van der Waals surface area contributed by atoms with Crippen LogP contribution in [0.25, 0.3) is 0 Å². The number of amides is 1. The second kappa shape index (κ2) is 12.9. The highest BCUT2D eigenvalue weighted by atomic mass is 16.7. The number of ether oxygens (including phenoxy) is 3. The van der Waals surface area contributed by atoms with Crippen molar-refractivity contribution >= 4 is 5.91 Å². The van der Waals surface area contributed by atoms with E-state index in [1.165, 1.54) is 39.0 Å². The molecule has 0 bridgehead atoms. The minimum Gasteiger partial charge on any atom is -0.496 e. The van der Waals surface area contributed by atoms with E-state index in [1.54, 1.807) is 7.11 Å². The standard InChI is InChI=1S/C36H50N2O4/c1-24-14-25(2)16-28(15-24)21-37-11-10-30-19-27(4)35-31(17-26(3)18-33(35)40-7)20-29(30)8-9-34(39)38(13-12-37)22-32-23-41-36(5,6)42-32/h14-19,27,29,32H,8-13,20-23H2,1-7H3/t27?,29?,32-/m1/s1. The highest BCUT2D eigenvalue weighted by molar-refractivity contribution is 5.76. The zero-order valence-electron chi connectivity index (χ0n) is 26.8. The first-order valence-corrected chi connectivity index (χ1v) is 15.8. The molecule has 6 nitrogen and oxygen atoms in total. The van der Waals surface area contributed by atoms with Gasteiger partial charge in [0.1, 0.15) is 11.9 Å². The van der Waals surface area contributed by atoms with E-state index in [-0.39, 0.29) is 17.9 Å². The Balaban J connectivity index is 1.44. The lowest BCUT2D eigenvalue weighted by Gasteiger charge is -2.29. The molecule has 5 rings (SSSR count). The Kier molecular flexibility index (Phi) is 9.46. The van der Waals surface area contributed by atoms with Crippen LogP contribution < -0.4 is 4.74 Å². The maximum absolute atomic E-state index is 13.8. The van der Waals surface area contributed by atoms with Crippen molar-refractivity contribution in [1.82, 2.24) is 9.80 Å². The summed E-state index contributed by atoms with van der Waals surface area (Å²) in [6.45, 7) is 17.1. The fourth-order valence-electron chi connectivity index (χ4n) is 7.31. The SMILES string of the molecule is COc1cc(C)cc2c1C(C)C=C1CCN(Cc3cc(C)cc(C)c3)CCN(C[C@@H]3COC(C)(C)O3)C(=O)CCC1C2. The maximum atomic E-state index is 13.8. The Morgan fingerprint density at radius 2 is 1.71 bits per heavy atom. The molecule has 2 unspecified atom stereocenters. The van der Waals surface area contributed by atoms with Crippen LogP contribution in [0.15, 0.2) is 42.0 Å². The highest BCUT2D eigenvalue weighted by Gasteiger charge is 2.35. The molecular formula is C36H50N2O4. The summed E-state index contributed by atoms with van der Waals surface area (Å²) in [5, 5.41) is 0. The van der Waals surface area contributed by atoms with Crippen LogP contribution in [0.2, 0.25) is 0 Å². The zero-order chi connectivity index (χ0) is 30.0. The number of carbonyl (C=O) groups is 1. The average Bonchev–Trinajstić information content (AvgIpc) is 3.18. The van der Waals surface area contributed by atoms with Crippen LogP contribution in [0.3, 0.4) is 0 Å². The molecule has 2 aromatic carbocycles. The Hall–Kier alpha value is -2.67. The van der Waals surface area contributed by atoms with E-state index in [1.807, 2.05) is 18.7 Å². The number of hydrogen-bond donors (Lipinski definition) is 0. The van der Waals surface area contributed by atoms with Crippen LogP contribution in [0.5, 0.6) is 5.75 Å². The van der Waals surface area contributed by atoms with E-state index in [9.17, 15) is 4.79 Å². The molecule has 2 aromatic rings. The summed E-state index contributed by atoms with van der Waals surface area (Å²) in [7, 11) is 1.78. The van der Waals surface area contributed by atoms with Gasteiger partial charge in [0.15, 0.2) is 5.79 Å². The van der Waals surface area contributed by atoms with Gasteiger partial charge in [-0.1, -0.05) is 54.0 Å². The van der Waals surface area contributed by atoms with Gasteiger partial charge in [-0.25, -0.2) is 0 Å². The van der Waals surface area contributed by atoms with Gasteiger partial charge in [-0.3, -0.25) is 9.69 Å². The topological polar surface area (TPSA) is 51.2 Å². The third-order valence-corrected chi connectivity index (χ3v) is 9.14. The Morgan fingerprint density at radius 1 is 0.976 bits per heavy atom. The molecule has 3 aliphatic rings. The number of allylic oxidation sites excluding steroid dienone is 1. The lowest BCUT2D eigenvalue weighted by molar-refractivity contribution is -0.146. The van der Waals surface area contributed by atoms with Gasteiger partial charge in [-0.05, 0) is 82.6 Å². The van der Waals surface area contributed by atoms with Crippen molar-refractivity contribution in [3.05, 3.63) is 75.4 Å². The Bertz CT molecular complexity index is 1300. The first-order chi connectivity index (χ1) is 20.0. The summed E-state index contributed by atoms with van der Waals surface area (Å²) in [6.07, 6.45) is 5.74. The van der Waals surface area contributed by atoms with Gasteiger partial charge in [-0.2, -0.15) is 0 Å². The number of fused-ring (bicyclic) bond motifs is 2. The van der Waals surface area contributed by atoms with E-state index in [4.69, 9.17) is 14.2 Å².